The number of halogens is 1. The predicted octanol–water partition coefficient (Wildman–Crippen LogP) is 2.27. The van der Waals surface area contributed by atoms with Gasteiger partial charge in [0.15, 0.2) is 0 Å². The summed E-state index contributed by atoms with van der Waals surface area (Å²) in [6, 6.07) is 1.74. The van der Waals surface area contributed by atoms with Gasteiger partial charge in [0.25, 0.3) is 5.91 Å². The number of nitrogens with one attached hydrogen (secondary N) is 1. The minimum atomic E-state index is -0.0285. The van der Waals surface area contributed by atoms with Crippen LogP contribution in [0.1, 0.15) is 16.1 Å². The van der Waals surface area contributed by atoms with Crippen LogP contribution in [-0.4, -0.2) is 24.9 Å². The minimum Gasteiger partial charge on any atom is -0.496 e. The third kappa shape index (κ3) is 3.31. The van der Waals surface area contributed by atoms with Crippen LogP contribution in [0.2, 0.25) is 0 Å². The van der Waals surface area contributed by atoms with Crippen molar-refractivity contribution in [1.82, 2.24) is 5.32 Å². The van der Waals surface area contributed by atoms with Gasteiger partial charge in [0.05, 0.1) is 12.0 Å². The lowest BCUT2D eigenvalue weighted by Crippen LogP contribution is -2.23. The predicted molar refractivity (Wildman–Crippen MR) is 61.6 cm³/mol. The van der Waals surface area contributed by atoms with Crippen LogP contribution in [0.3, 0.4) is 0 Å². The van der Waals surface area contributed by atoms with E-state index in [2.05, 4.69) is 21.2 Å². The highest BCUT2D eigenvalue weighted by Gasteiger charge is 2.07. The van der Waals surface area contributed by atoms with Crippen molar-refractivity contribution in [3.63, 3.8) is 0 Å². The fourth-order valence-electron chi connectivity index (χ4n) is 0.901. The molecule has 0 spiro atoms. The van der Waals surface area contributed by atoms with Crippen molar-refractivity contribution in [3.05, 3.63) is 16.3 Å². The van der Waals surface area contributed by atoms with Crippen LogP contribution in [-0.2, 0) is 0 Å². The number of ether oxygens (including phenoxy) is 1. The number of rotatable bonds is 5. The van der Waals surface area contributed by atoms with Crippen LogP contribution in [0.4, 0.5) is 0 Å². The van der Waals surface area contributed by atoms with E-state index >= 15 is 0 Å². The van der Waals surface area contributed by atoms with Crippen molar-refractivity contribution in [2.24, 2.45) is 0 Å². The van der Waals surface area contributed by atoms with Gasteiger partial charge in [-0.05, 0) is 6.42 Å². The van der Waals surface area contributed by atoms with E-state index < -0.39 is 0 Å². The average Bonchev–Trinajstić information content (AvgIpc) is 2.66. The second kappa shape index (κ2) is 6.03. The Morgan fingerprint density at radius 2 is 2.50 bits per heavy atom. The smallest absolute Gasteiger partial charge is 0.261 e. The van der Waals surface area contributed by atoms with Gasteiger partial charge in [-0.1, -0.05) is 15.9 Å². The molecule has 78 valence electrons. The molecule has 3 nitrogen and oxygen atoms in total. The number of alkyl halides is 1. The first-order chi connectivity index (χ1) is 6.77. The molecule has 1 aromatic rings. The Morgan fingerprint density at radius 1 is 1.71 bits per heavy atom. The lowest BCUT2D eigenvalue weighted by Gasteiger charge is -2.00. The quantitative estimate of drug-likeness (QED) is 0.663. The van der Waals surface area contributed by atoms with Crippen molar-refractivity contribution in [3.8, 4) is 5.75 Å². The van der Waals surface area contributed by atoms with Gasteiger partial charge < -0.3 is 10.1 Å². The van der Waals surface area contributed by atoms with Gasteiger partial charge in [-0.2, -0.15) is 0 Å². The van der Waals surface area contributed by atoms with Gasteiger partial charge >= 0.3 is 0 Å². The van der Waals surface area contributed by atoms with Crippen LogP contribution >= 0.6 is 27.3 Å². The maximum Gasteiger partial charge on any atom is 0.261 e. The van der Waals surface area contributed by atoms with Crippen LogP contribution in [0.25, 0.3) is 0 Å². The van der Waals surface area contributed by atoms with Gasteiger partial charge in [-0.15, -0.1) is 11.3 Å². The van der Waals surface area contributed by atoms with E-state index in [1.165, 1.54) is 11.3 Å². The maximum atomic E-state index is 11.5. The standard InChI is InChI=1S/C9H12BrNO2S/c1-13-7-5-8(14-6-7)9(12)11-4-2-3-10/h5-6H,2-4H2,1H3,(H,11,12). The first kappa shape index (κ1) is 11.5. The lowest BCUT2D eigenvalue weighted by molar-refractivity contribution is 0.0957. The molecule has 0 aromatic carbocycles. The van der Waals surface area contributed by atoms with E-state index in [-0.39, 0.29) is 5.91 Å². The zero-order valence-corrected chi connectivity index (χ0v) is 10.3. The fraction of sp³-hybridized carbons (Fsp3) is 0.444. The van der Waals surface area contributed by atoms with Crippen LogP contribution in [0, 0.1) is 0 Å². The molecule has 0 aliphatic rings. The molecular weight excluding hydrogens is 266 g/mol. The molecule has 5 heteroatoms. The Hall–Kier alpha value is -0.550. The molecule has 0 fully saturated rings. The summed E-state index contributed by atoms with van der Waals surface area (Å²) >= 11 is 4.69. The largest absolute Gasteiger partial charge is 0.496 e. The summed E-state index contributed by atoms with van der Waals surface area (Å²) in [5, 5.41) is 5.55. The topological polar surface area (TPSA) is 38.3 Å². The van der Waals surface area contributed by atoms with Crippen molar-refractivity contribution in [2.45, 2.75) is 6.42 Å². The zero-order valence-electron chi connectivity index (χ0n) is 7.88. The number of amides is 1. The lowest BCUT2D eigenvalue weighted by atomic mass is 10.4. The van der Waals surface area contributed by atoms with Crippen molar-refractivity contribution >= 4 is 33.2 Å². The van der Waals surface area contributed by atoms with Gasteiger partial charge in [0.1, 0.15) is 5.75 Å². The molecule has 0 bridgehead atoms. The van der Waals surface area contributed by atoms with Crippen LogP contribution in [0.5, 0.6) is 5.75 Å². The molecule has 0 aliphatic heterocycles. The molecule has 0 radical (unpaired) electrons. The number of hydrogen-bond donors (Lipinski definition) is 1. The van der Waals surface area contributed by atoms with E-state index in [1.807, 2.05) is 5.38 Å². The Labute approximate surface area is 95.6 Å². The van der Waals surface area contributed by atoms with Gasteiger partial charge in [0.2, 0.25) is 0 Å². The minimum absolute atomic E-state index is 0.0285. The van der Waals surface area contributed by atoms with E-state index in [1.54, 1.807) is 13.2 Å². The van der Waals surface area contributed by atoms with Crippen LogP contribution < -0.4 is 10.1 Å². The highest BCUT2D eigenvalue weighted by molar-refractivity contribution is 9.09. The summed E-state index contributed by atoms with van der Waals surface area (Å²) in [5.74, 6) is 0.708. The van der Waals surface area contributed by atoms with Crippen molar-refractivity contribution in [1.29, 1.82) is 0 Å². The highest BCUT2D eigenvalue weighted by Crippen LogP contribution is 2.20. The molecule has 1 aromatic heterocycles. The number of thiophene rings is 1. The van der Waals surface area contributed by atoms with Crippen molar-refractivity contribution in [2.75, 3.05) is 19.0 Å². The number of carbonyl (C=O) groups is 1. The normalized spacial score (nSPS) is 9.86. The first-order valence-corrected chi connectivity index (χ1v) is 6.24. The Morgan fingerprint density at radius 3 is 3.07 bits per heavy atom. The molecule has 1 N–H and O–H groups in total. The summed E-state index contributed by atoms with van der Waals surface area (Å²) in [7, 11) is 1.59. The summed E-state index contributed by atoms with van der Waals surface area (Å²) < 4.78 is 4.99. The zero-order chi connectivity index (χ0) is 10.4. The second-order valence-electron chi connectivity index (χ2n) is 2.65. The molecule has 0 saturated heterocycles. The summed E-state index contributed by atoms with van der Waals surface area (Å²) in [6.45, 7) is 0.699. The monoisotopic (exact) mass is 277 g/mol. The number of carbonyl (C=O) groups excluding carboxylic acids is 1. The second-order valence-corrected chi connectivity index (χ2v) is 4.35. The molecule has 0 unspecified atom stereocenters. The molecule has 14 heavy (non-hydrogen) atoms. The van der Waals surface area contributed by atoms with E-state index in [0.717, 1.165) is 17.5 Å². The van der Waals surface area contributed by atoms with Gasteiger partial charge in [0, 0.05) is 23.3 Å². The maximum absolute atomic E-state index is 11.5. The number of hydrogen-bond acceptors (Lipinski definition) is 3. The Balaban J connectivity index is 2.44. The average molecular weight is 278 g/mol. The summed E-state index contributed by atoms with van der Waals surface area (Å²) in [5.41, 5.74) is 0. The molecule has 0 saturated carbocycles. The third-order valence-electron chi connectivity index (χ3n) is 1.63. The Kier molecular flexibility index (Phi) is 4.97. The van der Waals surface area contributed by atoms with E-state index in [9.17, 15) is 4.79 Å². The molecule has 0 atom stereocenters. The first-order valence-electron chi connectivity index (χ1n) is 4.24. The van der Waals surface area contributed by atoms with Crippen molar-refractivity contribution < 1.29 is 9.53 Å². The molecule has 1 rings (SSSR count). The third-order valence-corrected chi connectivity index (χ3v) is 3.10. The van der Waals surface area contributed by atoms with E-state index in [4.69, 9.17) is 4.74 Å². The SMILES string of the molecule is COc1csc(C(=O)NCCCBr)c1. The molecule has 1 heterocycles. The van der Waals surface area contributed by atoms with Crippen LogP contribution in [0.15, 0.2) is 11.4 Å². The molecular formula is C9H12BrNO2S. The van der Waals surface area contributed by atoms with E-state index in [0.29, 0.717) is 11.4 Å². The summed E-state index contributed by atoms with van der Waals surface area (Å²) in [4.78, 5) is 12.2. The number of methoxy groups -OCH3 is 1. The van der Waals surface area contributed by atoms with Gasteiger partial charge in [-0.3, -0.25) is 4.79 Å². The molecule has 0 aliphatic carbocycles. The molecule has 1 amide bonds. The Bertz CT molecular complexity index is 301. The summed E-state index contributed by atoms with van der Waals surface area (Å²) in [6.07, 6.45) is 0.939. The highest BCUT2D eigenvalue weighted by atomic mass is 79.9. The fourth-order valence-corrected chi connectivity index (χ4v) is 1.95. The van der Waals surface area contributed by atoms with Gasteiger partial charge in [-0.25, -0.2) is 0 Å².